The highest BCUT2D eigenvalue weighted by atomic mass is 79.9. The average molecular weight is 351 g/mol. The van der Waals surface area contributed by atoms with Gasteiger partial charge in [-0.3, -0.25) is 9.59 Å². The van der Waals surface area contributed by atoms with Crippen LogP contribution in [0.3, 0.4) is 0 Å². The van der Waals surface area contributed by atoms with Crippen molar-refractivity contribution in [1.29, 1.82) is 0 Å². The smallest absolute Gasteiger partial charge is 0.362 e. The van der Waals surface area contributed by atoms with Crippen LogP contribution in [0.25, 0.3) is 0 Å². The molecule has 1 aliphatic rings. The number of carbonyl (C=O) groups is 2. The SMILES string of the molecule is CCN(CC(F)(F)F)c1cc2c(cc1Br)C(=O)C(=O)N2. The summed E-state index contributed by atoms with van der Waals surface area (Å²) < 4.78 is 37.9. The molecule has 1 amide bonds. The Balaban J connectivity index is 2.41. The fraction of sp³-hybridized carbons (Fsp3) is 0.333. The predicted octanol–water partition coefficient (Wildman–Crippen LogP) is 2.97. The zero-order valence-electron chi connectivity index (χ0n) is 10.3. The third-order valence-electron chi connectivity index (χ3n) is 2.88. The quantitative estimate of drug-likeness (QED) is 0.852. The van der Waals surface area contributed by atoms with E-state index in [2.05, 4.69) is 21.2 Å². The first-order chi connectivity index (χ1) is 9.23. The predicted molar refractivity (Wildman–Crippen MR) is 71.0 cm³/mol. The van der Waals surface area contributed by atoms with Crippen LogP contribution >= 0.6 is 15.9 Å². The zero-order chi connectivity index (χ0) is 15.1. The highest BCUT2D eigenvalue weighted by Crippen LogP contribution is 2.36. The Labute approximate surface area is 121 Å². The largest absolute Gasteiger partial charge is 0.405 e. The Hall–Kier alpha value is -1.57. The Morgan fingerprint density at radius 3 is 2.50 bits per heavy atom. The summed E-state index contributed by atoms with van der Waals surface area (Å²) in [7, 11) is 0. The normalized spacial score (nSPS) is 14.2. The van der Waals surface area contributed by atoms with E-state index in [4.69, 9.17) is 0 Å². The Kier molecular flexibility index (Phi) is 3.77. The molecule has 0 saturated heterocycles. The van der Waals surface area contributed by atoms with E-state index < -0.39 is 24.4 Å². The van der Waals surface area contributed by atoms with Crippen molar-refractivity contribution in [1.82, 2.24) is 0 Å². The molecule has 0 radical (unpaired) electrons. The number of ketones is 1. The van der Waals surface area contributed by atoms with Crippen LogP contribution in [-0.4, -0.2) is 31.0 Å². The topological polar surface area (TPSA) is 49.4 Å². The van der Waals surface area contributed by atoms with Gasteiger partial charge in [0.1, 0.15) is 6.54 Å². The molecule has 0 bridgehead atoms. The summed E-state index contributed by atoms with van der Waals surface area (Å²) in [6.45, 7) is 0.622. The van der Waals surface area contributed by atoms with E-state index in [1.807, 2.05) is 0 Å². The van der Waals surface area contributed by atoms with Crippen molar-refractivity contribution < 1.29 is 22.8 Å². The van der Waals surface area contributed by atoms with Crippen LogP contribution in [0, 0.1) is 0 Å². The standard InChI is InChI=1S/C12H10BrF3N2O2/c1-2-18(5-12(14,15)16)9-4-8-6(3-7(9)13)10(19)11(20)17-8/h3-4H,2,5H2,1H3,(H,17,19,20). The van der Waals surface area contributed by atoms with Gasteiger partial charge >= 0.3 is 6.18 Å². The fourth-order valence-corrected chi connectivity index (χ4v) is 2.57. The minimum Gasteiger partial charge on any atom is -0.362 e. The lowest BCUT2D eigenvalue weighted by atomic mass is 10.1. The molecule has 20 heavy (non-hydrogen) atoms. The number of halogens is 4. The Bertz CT molecular complexity index is 587. The number of benzene rings is 1. The monoisotopic (exact) mass is 350 g/mol. The van der Waals surface area contributed by atoms with Gasteiger partial charge in [-0.05, 0) is 35.0 Å². The number of nitrogens with one attached hydrogen (secondary N) is 1. The highest BCUT2D eigenvalue weighted by Gasteiger charge is 2.33. The summed E-state index contributed by atoms with van der Waals surface area (Å²) >= 11 is 3.15. The third kappa shape index (κ3) is 2.79. The molecule has 2 rings (SSSR count). The average Bonchev–Trinajstić information content (AvgIpc) is 2.61. The van der Waals surface area contributed by atoms with Crippen molar-refractivity contribution in [3.63, 3.8) is 0 Å². The molecule has 0 spiro atoms. The summed E-state index contributed by atoms with van der Waals surface area (Å²) in [6.07, 6.45) is -4.34. The zero-order valence-corrected chi connectivity index (χ0v) is 11.9. The van der Waals surface area contributed by atoms with Gasteiger partial charge in [-0.1, -0.05) is 0 Å². The van der Waals surface area contributed by atoms with Gasteiger partial charge in [0, 0.05) is 11.0 Å². The van der Waals surface area contributed by atoms with Crippen LogP contribution in [0.1, 0.15) is 17.3 Å². The van der Waals surface area contributed by atoms with Crippen molar-refractivity contribution in [2.75, 3.05) is 23.3 Å². The van der Waals surface area contributed by atoms with E-state index in [-0.39, 0.29) is 23.5 Å². The van der Waals surface area contributed by atoms with Crippen LogP contribution in [0.15, 0.2) is 16.6 Å². The number of amides is 1. The molecular formula is C12H10BrF3N2O2. The number of nitrogens with zero attached hydrogens (tertiary/aromatic N) is 1. The van der Waals surface area contributed by atoms with Crippen LogP contribution in [-0.2, 0) is 4.79 Å². The third-order valence-corrected chi connectivity index (χ3v) is 3.51. The van der Waals surface area contributed by atoms with Gasteiger partial charge in [-0.2, -0.15) is 13.2 Å². The first kappa shape index (κ1) is 14.8. The summed E-state index contributed by atoms with van der Waals surface area (Å²) in [6, 6.07) is 2.74. The molecule has 4 nitrogen and oxygen atoms in total. The van der Waals surface area contributed by atoms with E-state index in [1.165, 1.54) is 12.1 Å². The molecule has 108 valence electrons. The number of anilines is 2. The summed E-state index contributed by atoms with van der Waals surface area (Å²) in [5.74, 6) is -1.46. The maximum atomic E-state index is 12.5. The van der Waals surface area contributed by atoms with E-state index in [0.717, 1.165) is 4.90 Å². The number of fused-ring (bicyclic) bond motifs is 1. The second-order valence-electron chi connectivity index (χ2n) is 4.26. The fourth-order valence-electron chi connectivity index (χ4n) is 1.98. The molecule has 8 heteroatoms. The lowest BCUT2D eigenvalue weighted by Gasteiger charge is -2.26. The van der Waals surface area contributed by atoms with Crippen molar-refractivity contribution >= 4 is 39.0 Å². The summed E-state index contributed by atoms with van der Waals surface area (Å²) in [4.78, 5) is 23.9. The minimum absolute atomic E-state index is 0.138. The van der Waals surface area contributed by atoms with Crippen LogP contribution in [0.2, 0.25) is 0 Å². The number of carbonyl (C=O) groups excluding carboxylic acids is 2. The molecular weight excluding hydrogens is 341 g/mol. The van der Waals surface area contributed by atoms with Crippen LogP contribution in [0.4, 0.5) is 24.5 Å². The van der Waals surface area contributed by atoms with Crippen molar-refractivity contribution in [2.45, 2.75) is 13.1 Å². The van der Waals surface area contributed by atoms with E-state index in [0.29, 0.717) is 4.47 Å². The van der Waals surface area contributed by atoms with Gasteiger partial charge in [0.2, 0.25) is 0 Å². The molecule has 0 unspecified atom stereocenters. The molecule has 0 atom stereocenters. The second-order valence-corrected chi connectivity index (χ2v) is 5.12. The molecule has 1 aromatic rings. The molecule has 1 aliphatic heterocycles. The molecule has 1 aromatic carbocycles. The van der Waals surface area contributed by atoms with Gasteiger partial charge in [0.25, 0.3) is 11.7 Å². The minimum atomic E-state index is -4.34. The van der Waals surface area contributed by atoms with Gasteiger partial charge in [0.15, 0.2) is 0 Å². The molecule has 0 saturated carbocycles. The first-order valence-electron chi connectivity index (χ1n) is 5.74. The maximum absolute atomic E-state index is 12.5. The number of hydrogen-bond donors (Lipinski definition) is 1. The molecule has 0 aliphatic carbocycles. The summed E-state index contributed by atoms with van der Waals surface area (Å²) in [5.41, 5.74) is 0.672. The molecule has 1 heterocycles. The number of Topliss-reactive ketones (excluding diaryl/α,β-unsaturated/α-hetero) is 1. The first-order valence-corrected chi connectivity index (χ1v) is 6.53. The molecule has 0 fully saturated rings. The maximum Gasteiger partial charge on any atom is 0.405 e. The lowest BCUT2D eigenvalue weighted by Crippen LogP contribution is -2.34. The number of hydrogen-bond acceptors (Lipinski definition) is 3. The highest BCUT2D eigenvalue weighted by molar-refractivity contribution is 9.10. The Morgan fingerprint density at radius 1 is 1.30 bits per heavy atom. The van der Waals surface area contributed by atoms with Gasteiger partial charge in [-0.25, -0.2) is 0 Å². The van der Waals surface area contributed by atoms with E-state index >= 15 is 0 Å². The van der Waals surface area contributed by atoms with Crippen molar-refractivity contribution in [3.8, 4) is 0 Å². The van der Waals surface area contributed by atoms with Crippen LogP contribution in [0.5, 0.6) is 0 Å². The molecule has 1 N–H and O–H groups in total. The lowest BCUT2D eigenvalue weighted by molar-refractivity contribution is -0.119. The van der Waals surface area contributed by atoms with E-state index in [9.17, 15) is 22.8 Å². The van der Waals surface area contributed by atoms with Gasteiger partial charge in [-0.15, -0.1) is 0 Å². The summed E-state index contributed by atoms with van der Waals surface area (Å²) in [5, 5.41) is 2.34. The van der Waals surface area contributed by atoms with Gasteiger partial charge < -0.3 is 10.2 Å². The van der Waals surface area contributed by atoms with Crippen molar-refractivity contribution in [3.05, 3.63) is 22.2 Å². The van der Waals surface area contributed by atoms with E-state index in [1.54, 1.807) is 6.92 Å². The van der Waals surface area contributed by atoms with Crippen molar-refractivity contribution in [2.24, 2.45) is 0 Å². The number of alkyl halides is 3. The van der Waals surface area contributed by atoms with Crippen LogP contribution < -0.4 is 10.2 Å². The Morgan fingerprint density at radius 2 is 1.95 bits per heavy atom. The molecule has 0 aromatic heterocycles. The van der Waals surface area contributed by atoms with Gasteiger partial charge in [0.05, 0.1) is 16.9 Å². The number of rotatable bonds is 3. The second kappa shape index (κ2) is 5.08.